The summed E-state index contributed by atoms with van der Waals surface area (Å²) in [5, 5.41) is 14.4. The van der Waals surface area contributed by atoms with Crippen LogP contribution in [-0.4, -0.2) is 26.1 Å². The number of amides is 1. The number of tetrazole rings is 1. The van der Waals surface area contributed by atoms with Gasteiger partial charge in [0.15, 0.2) is 5.82 Å². The van der Waals surface area contributed by atoms with E-state index in [-0.39, 0.29) is 16.4 Å². The molecule has 2 aromatic carbocycles. The number of carbonyl (C=O) groups is 1. The van der Waals surface area contributed by atoms with Gasteiger partial charge in [-0.25, -0.2) is 4.39 Å². The molecule has 0 saturated heterocycles. The highest BCUT2D eigenvalue weighted by atomic mass is 35.5. The lowest BCUT2D eigenvalue weighted by atomic mass is 10.2. The van der Waals surface area contributed by atoms with Crippen LogP contribution in [-0.2, 0) is 4.79 Å². The molecule has 0 aliphatic carbocycles. The summed E-state index contributed by atoms with van der Waals surface area (Å²) in [6, 6.07) is 16.4. The van der Waals surface area contributed by atoms with Gasteiger partial charge in [0.05, 0.1) is 12.0 Å². The number of halogens is 2. The van der Waals surface area contributed by atoms with Gasteiger partial charge < -0.3 is 9.73 Å². The van der Waals surface area contributed by atoms with Crippen molar-refractivity contribution in [3.63, 3.8) is 0 Å². The summed E-state index contributed by atoms with van der Waals surface area (Å²) in [4.78, 5) is 13.0. The number of rotatable bonds is 5. The minimum Gasteiger partial charge on any atom is -0.465 e. The maximum atomic E-state index is 14.2. The Balaban J connectivity index is 1.76. The average Bonchev–Trinajstić information content (AvgIpc) is 3.40. The molecule has 0 spiro atoms. The van der Waals surface area contributed by atoms with Crippen molar-refractivity contribution >= 4 is 35.0 Å². The monoisotopic (exact) mass is 409 g/mol. The topological polar surface area (TPSA) is 85.8 Å². The molecular weight excluding hydrogens is 397 g/mol. The Kier molecular flexibility index (Phi) is 5.17. The maximum Gasteiger partial charge on any atom is 0.274 e. The number of hydrogen-bond acceptors (Lipinski definition) is 5. The van der Waals surface area contributed by atoms with Crippen LogP contribution < -0.4 is 5.32 Å². The number of hydrogen-bond donors (Lipinski definition) is 1. The van der Waals surface area contributed by atoms with Gasteiger partial charge in [-0.3, -0.25) is 4.79 Å². The first-order valence-corrected chi connectivity index (χ1v) is 8.85. The molecule has 7 nitrogen and oxygen atoms in total. The van der Waals surface area contributed by atoms with Crippen LogP contribution in [0.5, 0.6) is 0 Å². The van der Waals surface area contributed by atoms with E-state index >= 15 is 0 Å². The number of carbonyl (C=O) groups excluding carboxylic acids is 1. The number of anilines is 1. The zero-order valence-corrected chi connectivity index (χ0v) is 15.5. The SMILES string of the molecule is O=C(Nc1ccc(Cl)cc1F)C(=Cc1ccco1)n1nnnc1-c1ccccc1. The van der Waals surface area contributed by atoms with Crippen molar-refractivity contribution in [1.82, 2.24) is 20.2 Å². The normalized spacial score (nSPS) is 11.4. The highest BCUT2D eigenvalue weighted by molar-refractivity contribution is 6.30. The first kappa shape index (κ1) is 18.6. The summed E-state index contributed by atoms with van der Waals surface area (Å²) < 4.78 is 20.7. The predicted molar refractivity (Wildman–Crippen MR) is 106 cm³/mol. The molecular formula is C20H13ClFN5O2. The molecule has 4 rings (SSSR count). The van der Waals surface area contributed by atoms with Crippen molar-refractivity contribution in [2.75, 3.05) is 5.32 Å². The third-order valence-corrected chi connectivity index (χ3v) is 4.20. The fourth-order valence-electron chi connectivity index (χ4n) is 2.62. The van der Waals surface area contributed by atoms with Crippen molar-refractivity contribution in [3.8, 4) is 11.4 Å². The first-order valence-electron chi connectivity index (χ1n) is 8.47. The molecule has 1 amide bonds. The van der Waals surface area contributed by atoms with Crippen LogP contribution in [0.1, 0.15) is 5.76 Å². The van der Waals surface area contributed by atoms with E-state index < -0.39 is 11.7 Å². The van der Waals surface area contributed by atoms with Crippen LogP contribution >= 0.6 is 11.6 Å². The van der Waals surface area contributed by atoms with Crippen LogP contribution in [0.4, 0.5) is 10.1 Å². The van der Waals surface area contributed by atoms with Crippen LogP contribution in [0.25, 0.3) is 23.2 Å². The van der Waals surface area contributed by atoms with Gasteiger partial charge in [0, 0.05) is 16.7 Å². The van der Waals surface area contributed by atoms with Crippen molar-refractivity contribution in [2.45, 2.75) is 0 Å². The smallest absolute Gasteiger partial charge is 0.274 e. The molecule has 0 fully saturated rings. The molecule has 29 heavy (non-hydrogen) atoms. The lowest BCUT2D eigenvalue weighted by Gasteiger charge is -2.11. The Hall–Kier alpha value is -3.78. The van der Waals surface area contributed by atoms with E-state index in [9.17, 15) is 9.18 Å². The molecule has 4 aromatic rings. The summed E-state index contributed by atoms with van der Waals surface area (Å²) in [5.41, 5.74) is 0.713. The summed E-state index contributed by atoms with van der Waals surface area (Å²) in [5.74, 6) is -0.549. The van der Waals surface area contributed by atoms with Gasteiger partial charge in [0.1, 0.15) is 17.3 Å². The maximum absolute atomic E-state index is 14.2. The molecule has 1 N–H and O–H groups in total. The van der Waals surface area contributed by atoms with Gasteiger partial charge in [-0.15, -0.1) is 5.10 Å². The van der Waals surface area contributed by atoms with E-state index in [2.05, 4.69) is 20.8 Å². The zero-order valence-electron chi connectivity index (χ0n) is 14.8. The molecule has 2 aromatic heterocycles. The van der Waals surface area contributed by atoms with Crippen LogP contribution in [0, 0.1) is 5.82 Å². The van der Waals surface area contributed by atoms with E-state index in [1.165, 1.54) is 29.2 Å². The molecule has 0 saturated carbocycles. The van der Waals surface area contributed by atoms with E-state index in [0.717, 1.165) is 6.07 Å². The highest BCUT2D eigenvalue weighted by Crippen LogP contribution is 2.23. The zero-order chi connectivity index (χ0) is 20.2. The number of nitrogens with zero attached hydrogens (tertiary/aromatic N) is 4. The lowest BCUT2D eigenvalue weighted by Crippen LogP contribution is -2.20. The summed E-state index contributed by atoms with van der Waals surface area (Å²) in [6.07, 6.45) is 2.93. The Labute approximate surface area is 169 Å². The van der Waals surface area contributed by atoms with Crippen LogP contribution in [0.3, 0.4) is 0 Å². The highest BCUT2D eigenvalue weighted by Gasteiger charge is 2.21. The van der Waals surface area contributed by atoms with E-state index in [1.54, 1.807) is 12.1 Å². The molecule has 9 heteroatoms. The standard InChI is InChI=1S/C20H13ClFN5O2/c21-14-8-9-17(16(22)11-14)23-20(28)18(12-15-7-4-10-29-15)27-19(24-25-26-27)13-5-2-1-3-6-13/h1-12H,(H,23,28). The Bertz CT molecular complexity index is 1170. The molecule has 144 valence electrons. The summed E-state index contributed by atoms with van der Waals surface area (Å²) in [7, 11) is 0. The summed E-state index contributed by atoms with van der Waals surface area (Å²) >= 11 is 5.77. The second-order valence-corrected chi connectivity index (χ2v) is 6.34. The molecule has 0 aliphatic heterocycles. The first-order chi connectivity index (χ1) is 14.1. The molecule has 0 aliphatic rings. The minimum absolute atomic E-state index is 0.0286. The number of nitrogens with one attached hydrogen (secondary N) is 1. The minimum atomic E-state index is -0.664. The molecule has 0 unspecified atom stereocenters. The third-order valence-electron chi connectivity index (χ3n) is 3.96. The molecule has 2 heterocycles. The number of furan rings is 1. The second-order valence-electron chi connectivity index (χ2n) is 5.90. The number of aromatic nitrogens is 4. The summed E-state index contributed by atoms with van der Waals surface area (Å²) in [6.45, 7) is 0. The lowest BCUT2D eigenvalue weighted by molar-refractivity contribution is -0.111. The predicted octanol–water partition coefficient (Wildman–Crippen LogP) is 4.36. The van der Waals surface area contributed by atoms with E-state index in [1.807, 2.05) is 30.3 Å². The van der Waals surface area contributed by atoms with Gasteiger partial charge in [0.2, 0.25) is 0 Å². The van der Waals surface area contributed by atoms with E-state index in [4.69, 9.17) is 16.0 Å². The average molecular weight is 410 g/mol. The van der Waals surface area contributed by atoms with Gasteiger partial charge in [0.25, 0.3) is 5.91 Å². The van der Waals surface area contributed by atoms with Crippen molar-refractivity contribution in [1.29, 1.82) is 0 Å². The van der Waals surface area contributed by atoms with E-state index in [0.29, 0.717) is 17.1 Å². The third kappa shape index (κ3) is 4.07. The van der Waals surface area contributed by atoms with Gasteiger partial charge >= 0.3 is 0 Å². The van der Waals surface area contributed by atoms with Crippen LogP contribution in [0.2, 0.25) is 5.02 Å². The fourth-order valence-corrected chi connectivity index (χ4v) is 2.78. The Morgan fingerprint density at radius 2 is 1.97 bits per heavy atom. The Morgan fingerprint density at radius 3 is 2.69 bits per heavy atom. The molecule has 0 atom stereocenters. The van der Waals surface area contributed by atoms with Crippen molar-refractivity contribution < 1.29 is 13.6 Å². The van der Waals surface area contributed by atoms with Gasteiger partial charge in [-0.2, -0.15) is 4.68 Å². The Morgan fingerprint density at radius 1 is 1.14 bits per heavy atom. The van der Waals surface area contributed by atoms with Gasteiger partial charge in [-0.05, 0) is 40.8 Å². The molecule has 0 bridgehead atoms. The van der Waals surface area contributed by atoms with Crippen molar-refractivity contribution in [2.24, 2.45) is 0 Å². The van der Waals surface area contributed by atoms with Crippen molar-refractivity contribution in [3.05, 3.63) is 83.5 Å². The quantitative estimate of drug-likeness (QED) is 0.495. The second kappa shape index (κ2) is 8.07. The van der Waals surface area contributed by atoms with Gasteiger partial charge in [-0.1, -0.05) is 41.9 Å². The van der Waals surface area contributed by atoms with Crippen LogP contribution in [0.15, 0.2) is 71.3 Å². The number of benzene rings is 2. The largest absolute Gasteiger partial charge is 0.465 e. The molecule has 0 radical (unpaired) electrons. The fraction of sp³-hybridized carbons (Fsp3) is 0.